The van der Waals surface area contributed by atoms with Crippen molar-refractivity contribution in [1.29, 1.82) is 0 Å². The maximum absolute atomic E-state index is 13.2. The Hall–Kier alpha value is -3.65. The number of ketones is 1. The van der Waals surface area contributed by atoms with Crippen LogP contribution in [0.15, 0.2) is 77.0 Å². The normalized spacial score (nSPS) is 17.3. The average Bonchev–Trinajstić information content (AvgIpc) is 3.09. The number of Topliss-reactive ketones (excluding diaryl/α,β-unsaturated/α-hetero) is 1. The maximum Gasteiger partial charge on any atom is 0.295 e. The van der Waals surface area contributed by atoms with Crippen molar-refractivity contribution >= 4 is 33.4 Å². The lowest BCUT2D eigenvalue weighted by Crippen LogP contribution is -2.29. The number of methoxy groups -OCH3 is 2. The fourth-order valence-electron chi connectivity index (χ4n) is 3.86. The molecule has 1 amide bonds. The molecule has 1 N–H and O–H groups in total. The monoisotopic (exact) mass is 508 g/mol. The number of halogens is 1. The smallest absolute Gasteiger partial charge is 0.295 e. The van der Waals surface area contributed by atoms with E-state index < -0.39 is 17.7 Å². The van der Waals surface area contributed by atoms with Crippen LogP contribution in [-0.4, -0.2) is 40.9 Å². The summed E-state index contributed by atoms with van der Waals surface area (Å²) in [5, 5.41) is 11.2. The van der Waals surface area contributed by atoms with Gasteiger partial charge in [0.25, 0.3) is 11.7 Å². The molecule has 4 rings (SSSR count). The number of pyridine rings is 1. The van der Waals surface area contributed by atoms with Gasteiger partial charge >= 0.3 is 0 Å². The van der Waals surface area contributed by atoms with Gasteiger partial charge in [-0.05, 0) is 47.5 Å². The first-order chi connectivity index (χ1) is 15.9. The van der Waals surface area contributed by atoms with Crippen LogP contribution < -0.4 is 9.47 Å². The summed E-state index contributed by atoms with van der Waals surface area (Å²) in [5.41, 5.74) is 1.82. The Balaban J connectivity index is 1.86. The lowest BCUT2D eigenvalue weighted by atomic mass is 9.95. The quantitative estimate of drug-likeness (QED) is 0.300. The molecule has 3 aromatic rings. The molecule has 1 saturated heterocycles. The number of carbonyl (C=O) groups excluding carboxylic acids is 2. The first-order valence-corrected chi connectivity index (χ1v) is 10.9. The van der Waals surface area contributed by atoms with Gasteiger partial charge in [-0.15, -0.1) is 0 Å². The molecule has 0 radical (unpaired) electrons. The Labute approximate surface area is 199 Å². The van der Waals surface area contributed by atoms with Crippen LogP contribution in [-0.2, 0) is 16.1 Å². The molecule has 168 valence electrons. The molecule has 1 aromatic heterocycles. The highest BCUT2D eigenvalue weighted by Crippen LogP contribution is 2.41. The summed E-state index contributed by atoms with van der Waals surface area (Å²) in [5.74, 6) is -0.842. The van der Waals surface area contributed by atoms with E-state index in [1.54, 1.807) is 36.7 Å². The van der Waals surface area contributed by atoms with E-state index in [1.165, 1.54) is 19.1 Å². The maximum atomic E-state index is 13.2. The van der Waals surface area contributed by atoms with Gasteiger partial charge in [0.05, 0.1) is 25.8 Å². The fourth-order valence-corrected chi connectivity index (χ4v) is 4.13. The summed E-state index contributed by atoms with van der Waals surface area (Å²) in [6.45, 7) is 0.169. The van der Waals surface area contributed by atoms with Crippen molar-refractivity contribution in [2.75, 3.05) is 14.2 Å². The third-order valence-electron chi connectivity index (χ3n) is 5.46. The molecule has 0 aliphatic carbocycles. The molecule has 0 bridgehead atoms. The zero-order valence-corrected chi connectivity index (χ0v) is 19.6. The van der Waals surface area contributed by atoms with Crippen molar-refractivity contribution in [3.63, 3.8) is 0 Å². The van der Waals surface area contributed by atoms with E-state index in [1.807, 2.05) is 30.3 Å². The van der Waals surface area contributed by atoms with Crippen molar-refractivity contribution in [2.24, 2.45) is 0 Å². The van der Waals surface area contributed by atoms with Crippen LogP contribution in [0.2, 0.25) is 0 Å². The molecule has 1 fully saturated rings. The molecule has 8 heteroatoms. The van der Waals surface area contributed by atoms with Crippen LogP contribution in [0.5, 0.6) is 11.5 Å². The Kier molecular flexibility index (Phi) is 6.46. The number of aromatic nitrogens is 1. The van der Waals surface area contributed by atoms with Gasteiger partial charge in [-0.1, -0.05) is 34.1 Å². The largest absolute Gasteiger partial charge is 0.507 e. The minimum absolute atomic E-state index is 0.0124. The summed E-state index contributed by atoms with van der Waals surface area (Å²) < 4.78 is 11.4. The van der Waals surface area contributed by atoms with E-state index in [-0.39, 0.29) is 17.9 Å². The molecule has 0 saturated carbocycles. The number of nitrogens with zero attached hydrogens (tertiary/aromatic N) is 2. The molecule has 1 aliphatic rings. The van der Waals surface area contributed by atoms with Crippen LogP contribution in [0.4, 0.5) is 0 Å². The number of aliphatic hydroxyl groups excluding tert-OH is 1. The highest BCUT2D eigenvalue weighted by atomic mass is 79.9. The molecule has 2 aromatic carbocycles. The molecule has 0 spiro atoms. The van der Waals surface area contributed by atoms with E-state index in [0.717, 1.165) is 10.0 Å². The number of aliphatic hydroxyl groups is 1. The van der Waals surface area contributed by atoms with Crippen LogP contribution >= 0.6 is 15.9 Å². The highest BCUT2D eigenvalue weighted by Gasteiger charge is 2.46. The number of benzene rings is 2. The van der Waals surface area contributed by atoms with Gasteiger partial charge in [-0.25, -0.2) is 0 Å². The second-order valence-electron chi connectivity index (χ2n) is 7.41. The molecular weight excluding hydrogens is 488 g/mol. The second-order valence-corrected chi connectivity index (χ2v) is 8.33. The zero-order valence-electron chi connectivity index (χ0n) is 18.0. The third-order valence-corrected chi connectivity index (χ3v) is 5.99. The average molecular weight is 509 g/mol. The first-order valence-electron chi connectivity index (χ1n) is 10.1. The third kappa shape index (κ3) is 4.34. The zero-order chi connectivity index (χ0) is 23.5. The molecular formula is C25H21BrN2O5. The van der Waals surface area contributed by atoms with Gasteiger partial charge in [0, 0.05) is 29.0 Å². The summed E-state index contributed by atoms with van der Waals surface area (Å²) in [6, 6.07) is 14.9. The van der Waals surface area contributed by atoms with Crippen molar-refractivity contribution in [3.05, 3.63) is 93.7 Å². The summed E-state index contributed by atoms with van der Waals surface area (Å²) in [6.07, 6.45) is 3.28. The van der Waals surface area contributed by atoms with Crippen LogP contribution in [0, 0.1) is 0 Å². The fraction of sp³-hybridized carbons (Fsp3) is 0.160. The molecule has 1 unspecified atom stereocenters. The van der Waals surface area contributed by atoms with Gasteiger partial charge in [0.1, 0.15) is 5.76 Å². The lowest BCUT2D eigenvalue weighted by molar-refractivity contribution is -0.140. The van der Waals surface area contributed by atoms with Crippen molar-refractivity contribution in [1.82, 2.24) is 9.88 Å². The number of hydrogen-bond donors (Lipinski definition) is 1. The standard InChI is InChI=1S/C25H21BrN2O5/c1-32-19-10-7-17(12-20(19)33-2)23(29)21-22(16-5-8-18(26)9-6-16)28(25(31)24(21)30)14-15-4-3-11-27-13-15/h3-13,22,29H,14H2,1-2H3/b23-21+. The van der Waals surface area contributed by atoms with Crippen molar-refractivity contribution in [3.8, 4) is 11.5 Å². The van der Waals surface area contributed by atoms with Crippen LogP contribution in [0.3, 0.4) is 0 Å². The molecule has 7 nitrogen and oxygen atoms in total. The second kappa shape index (κ2) is 9.46. The summed E-state index contributed by atoms with van der Waals surface area (Å²) in [4.78, 5) is 31.8. The minimum atomic E-state index is -0.772. The van der Waals surface area contributed by atoms with Crippen LogP contribution in [0.25, 0.3) is 5.76 Å². The Morgan fingerprint density at radius 2 is 1.79 bits per heavy atom. The number of hydrogen-bond acceptors (Lipinski definition) is 6. The van der Waals surface area contributed by atoms with Gasteiger partial charge < -0.3 is 19.5 Å². The number of ether oxygens (including phenoxy) is 2. The molecule has 1 atom stereocenters. The Morgan fingerprint density at radius 3 is 2.42 bits per heavy atom. The number of likely N-dealkylation sites (tertiary alicyclic amines) is 1. The Morgan fingerprint density at radius 1 is 1.06 bits per heavy atom. The van der Waals surface area contributed by atoms with Gasteiger partial charge in [0.2, 0.25) is 0 Å². The van der Waals surface area contributed by atoms with E-state index >= 15 is 0 Å². The predicted molar refractivity (Wildman–Crippen MR) is 126 cm³/mol. The SMILES string of the molecule is COc1ccc(/C(O)=C2\C(=O)C(=O)N(Cc3cccnc3)C2c2ccc(Br)cc2)cc1OC. The lowest BCUT2D eigenvalue weighted by Gasteiger charge is -2.25. The van der Waals surface area contributed by atoms with Gasteiger partial charge in [0.15, 0.2) is 11.5 Å². The van der Waals surface area contributed by atoms with E-state index in [4.69, 9.17) is 9.47 Å². The van der Waals surface area contributed by atoms with E-state index in [9.17, 15) is 14.7 Å². The van der Waals surface area contributed by atoms with E-state index in [0.29, 0.717) is 22.6 Å². The predicted octanol–water partition coefficient (Wildman–Crippen LogP) is 4.48. The number of rotatable bonds is 6. The van der Waals surface area contributed by atoms with Crippen molar-refractivity contribution in [2.45, 2.75) is 12.6 Å². The van der Waals surface area contributed by atoms with Crippen LogP contribution in [0.1, 0.15) is 22.7 Å². The van der Waals surface area contributed by atoms with E-state index in [2.05, 4.69) is 20.9 Å². The molecule has 1 aliphatic heterocycles. The molecule has 2 heterocycles. The molecule has 33 heavy (non-hydrogen) atoms. The minimum Gasteiger partial charge on any atom is -0.507 e. The summed E-state index contributed by atoms with van der Waals surface area (Å²) >= 11 is 3.41. The van der Waals surface area contributed by atoms with Crippen molar-refractivity contribution < 1.29 is 24.2 Å². The van der Waals surface area contributed by atoms with Gasteiger partial charge in [-0.3, -0.25) is 14.6 Å². The van der Waals surface area contributed by atoms with Gasteiger partial charge in [-0.2, -0.15) is 0 Å². The topological polar surface area (TPSA) is 89.0 Å². The summed E-state index contributed by atoms with van der Waals surface area (Å²) in [7, 11) is 2.99. The first kappa shape index (κ1) is 22.5. The number of amides is 1. The highest BCUT2D eigenvalue weighted by molar-refractivity contribution is 9.10. The number of carbonyl (C=O) groups is 2. The Bertz CT molecular complexity index is 1230.